The van der Waals surface area contributed by atoms with Crippen LogP contribution in [0.4, 0.5) is 14.7 Å². The zero-order valence-electron chi connectivity index (χ0n) is 19.0. The highest BCUT2D eigenvalue weighted by atomic mass is 19.3. The van der Waals surface area contributed by atoms with Crippen LogP contribution in [-0.2, 0) is 0 Å². The minimum absolute atomic E-state index is 0.155. The molecule has 32 heavy (non-hydrogen) atoms. The second-order valence-electron chi connectivity index (χ2n) is 9.49. The first-order valence-corrected chi connectivity index (χ1v) is 12.0. The Hall–Kier alpha value is -2.09. The number of nitrogens with zero attached hydrogens (tertiary/aromatic N) is 3. The molecular formula is C24H34F2N4O2. The maximum Gasteiger partial charge on any atom is 0.248 e. The first-order chi connectivity index (χ1) is 15.3. The molecule has 1 unspecified atom stereocenters. The van der Waals surface area contributed by atoms with Crippen LogP contribution in [0.5, 0.6) is 5.88 Å². The first kappa shape index (κ1) is 23.1. The number of aromatic nitrogens is 3. The number of hydrogen-bond donors (Lipinski definition) is 2. The van der Waals surface area contributed by atoms with Crippen molar-refractivity contribution in [1.29, 1.82) is 0 Å². The van der Waals surface area contributed by atoms with Crippen LogP contribution in [0.2, 0.25) is 0 Å². The van der Waals surface area contributed by atoms with Gasteiger partial charge in [-0.25, -0.2) is 23.7 Å². The number of anilines is 1. The number of aliphatic hydroxyl groups is 1. The molecule has 0 spiro atoms. The van der Waals surface area contributed by atoms with Crippen molar-refractivity contribution in [2.75, 3.05) is 5.32 Å². The molecule has 2 saturated carbocycles. The molecule has 0 aliphatic heterocycles. The Morgan fingerprint density at radius 2 is 1.84 bits per heavy atom. The van der Waals surface area contributed by atoms with E-state index in [1.165, 1.54) is 0 Å². The van der Waals surface area contributed by atoms with Crippen LogP contribution in [0.1, 0.15) is 89.5 Å². The maximum absolute atomic E-state index is 13.5. The van der Waals surface area contributed by atoms with Gasteiger partial charge in [-0.2, -0.15) is 0 Å². The first-order valence-electron chi connectivity index (χ1n) is 12.0. The predicted molar refractivity (Wildman–Crippen MR) is 120 cm³/mol. The molecule has 2 aromatic rings. The molecule has 2 aliphatic carbocycles. The second-order valence-corrected chi connectivity index (χ2v) is 9.49. The van der Waals surface area contributed by atoms with Gasteiger partial charge in [0.15, 0.2) is 0 Å². The Morgan fingerprint density at radius 1 is 1.12 bits per heavy atom. The minimum atomic E-state index is -2.59. The molecule has 2 heterocycles. The van der Waals surface area contributed by atoms with Gasteiger partial charge in [0.25, 0.3) is 0 Å². The van der Waals surface area contributed by atoms with E-state index < -0.39 is 5.92 Å². The van der Waals surface area contributed by atoms with Crippen molar-refractivity contribution in [3.8, 4) is 5.88 Å². The summed E-state index contributed by atoms with van der Waals surface area (Å²) in [7, 11) is 0. The Balaban J connectivity index is 1.64. The van der Waals surface area contributed by atoms with Crippen LogP contribution >= 0.6 is 0 Å². The molecule has 8 heteroatoms. The topological polar surface area (TPSA) is 80.2 Å². The average Bonchev–Trinajstić information content (AvgIpc) is 2.76. The summed E-state index contributed by atoms with van der Waals surface area (Å²) < 4.78 is 33.2. The molecule has 2 aromatic heterocycles. The molecule has 2 aliphatic rings. The maximum atomic E-state index is 13.5. The van der Waals surface area contributed by atoms with E-state index in [-0.39, 0.29) is 37.0 Å². The summed E-state index contributed by atoms with van der Waals surface area (Å²) >= 11 is 0. The van der Waals surface area contributed by atoms with Gasteiger partial charge in [0, 0.05) is 36.8 Å². The lowest BCUT2D eigenvalue weighted by atomic mass is 9.83. The molecule has 0 amide bonds. The summed E-state index contributed by atoms with van der Waals surface area (Å²) in [4.78, 5) is 13.9. The van der Waals surface area contributed by atoms with E-state index in [9.17, 15) is 13.9 Å². The number of alkyl halides is 2. The molecule has 6 nitrogen and oxygen atoms in total. The zero-order chi connectivity index (χ0) is 22.7. The molecule has 1 atom stereocenters. The van der Waals surface area contributed by atoms with E-state index >= 15 is 0 Å². The second kappa shape index (κ2) is 9.81. The van der Waals surface area contributed by atoms with Crippen molar-refractivity contribution < 1.29 is 18.6 Å². The molecule has 2 fully saturated rings. The number of pyridine rings is 1. The molecule has 4 rings (SSSR count). The van der Waals surface area contributed by atoms with Gasteiger partial charge in [-0.05, 0) is 57.8 Å². The van der Waals surface area contributed by atoms with Gasteiger partial charge in [-0.1, -0.05) is 13.3 Å². The monoisotopic (exact) mass is 448 g/mol. The van der Waals surface area contributed by atoms with Crippen LogP contribution in [0, 0.1) is 0 Å². The Bertz CT molecular complexity index is 908. The zero-order valence-corrected chi connectivity index (χ0v) is 19.0. The molecular weight excluding hydrogens is 414 g/mol. The van der Waals surface area contributed by atoms with Gasteiger partial charge in [-0.15, -0.1) is 0 Å². The van der Waals surface area contributed by atoms with Crippen LogP contribution in [0.3, 0.4) is 0 Å². The lowest BCUT2D eigenvalue weighted by Crippen LogP contribution is -2.31. The van der Waals surface area contributed by atoms with Crippen molar-refractivity contribution in [2.45, 2.75) is 108 Å². The van der Waals surface area contributed by atoms with Crippen LogP contribution in [-0.4, -0.2) is 44.2 Å². The van der Waals surface area contributed by atoms with E-state index in [2.05, 4.69) is 29.1 Å². The summed E-state index contributed by atoms with van der Waals surface area (Å²) in [5.74, 6) is -1.33. The quantitative estimate of drug-likeness (QED) is 0.574. The van der Waals surface area contributed by atoms with Crippen LogP contribution < -0.4 is 10.1 Å². The molecule has 0 radical (unpaired) electrons. The lowest BCUT2D eigenvalue weighted by molar-refractivity contribution is -0.0586. The summed E-state index contributed by atoms with van der Waals surface area (Å²) in [6, 6.07) is 0.257. The van der Waals surface area contributed by atoms with Crippen molar-refractivity contribution in [3.63, 3.8) is 0 Å². The van der Waals surface area contributed by atoms with Crippen LogP contribution in [0.15, 0.2) is 12.4 Å². The Morgan fingerprint density at radius 3 is 2.53 bits per heavy atom. The summed E-state index contributed by atoms with van der Waals surface area (Å²) in [5.41, 5.74) is 1.85. The number of rotatable bonds is 7. The number of ether oxygens (including phenoxy) is 1. The van der Waals surface area contributed by atoms with Gasteiger partial charge >= 0.3 is 0 Å². The minimum Gasteiger partial charge on any atom is -0.474 e. The molecule has 0 aromatic carbocycles. The normalized spacial score (nSPS) is 24.9. The van der Waals surface area contributed by atoms with E-state index in [4.69, 9.17) is 9.72 Å². The summed E-state index contributed by atoms with van der Waals surface area (Å²) in [6.45, 7) is 4.26. The van der Waals surface area contributed by atoms with Gasteiger partial charge < -0.3 is 15.2 Å². The molecule has 176 valence electrons. The van der Waals surface area contributed by atoms with Crippen molar-refractivity contribution in [2.24, 2.45) is 0 Å². The van der Waals surface area contributed by atoms with Gasteiger partial charge in [-0.3, -0.25) is 0 Å². The number of hydrogen-bond acceptors (Lipinski definition) is 6. The highest BCUT2D eigenvalue weighted by molar-refractivity contribution is 5.86. The molecule has 0 saturated heterocycles. The smallest absolute Gasteiger partial charge is 0.248 e. The fourth-order valence-electron chi connectivity index (χ4n) is 4.88. The number of aliphatic hydroxyl groups excluding tert-OH is 1. The van der Waals surface area contributed by atoms with E-state index in [0.717, 1.165) is 55.0 Å². The third-order valence-electron chi connectivity index (χ3n) is 6.79. The Labute approximate surface area is 188 Å². The predicted octanol–water partition coefficient (Wildman–Crippen LogP) is 5.60. The average molecular weight is 449 g/mol. The summed E-state index contributed by atoms with van der Waals surface area (Å²) in [5, 5.41) is 14.0. The van der Waals surface area contributed by atoms with Crippen molar-refractivity contribution in [3.05, 3.63) is 18.0 Å². The largest absolute Gasteiger partial charge is 0.474 e. The standard InChI is InChI=1S/C24H34F2N4O2/c1-3-4-15(2)29-23-28-14-20-21(30-23)19(16-5-7-17(31)8-6-16)13-27-22(20)32-18-9-11-24(25,26)12-10-18/h13-18,31H,3-12H2,1-2H3,(H,28,29,30). The van der Waals surface area contributed by atoms with E-state index in [0.29, 0.717) is 24.7 Å². The third kappa shape index (κ3) is 5.45. The van der Waals surface area contributed by atoms with Crippen molar-refractivity contribution in [1.82, 2.24) is 15.0 Å². The summed E-state index contributed by atoms with van der Waals surface area (Å²) in [6.07, 6.45) is 8.76. The SMILES string of the molecule is CCCC(C)Nc1ncc2c(OC3CCC(F)(F)CC3)ncc(C3CCC(O)CC3)c2n1. The van der Waals surface area contributed by atoms with Gasteiger partial charge in [0.1, 0.15) is 6.10 Å². The number of nitrogens with one attached hydrogen (secondary N) is 1. The van der Waals surface area contributed by atoms with Gasteiger partial charge in [0.05, 0.1) is 17.0 Å². The number of halogens is 2. The fourth-order valence-corrected chi connectivity index (χ4v) is 4.88. The fraction of sp³-hybridized carbons (Fsp3) is 0.708. The Kier molecular flexibility index (Phi) is 7.08. The number of fused-ring (bicyclic) bond motifs is 1. The molecule has 2 N–H and O–H groups in total. The van der Waals surface area contributed by atoms with E-state index in [1.807, 2.05) is 6.20 Å². The van der Waals surface area contributed by atoms with Gasteiger partial charge in [0.2, 0.25) is 17.8 Å². The molecule has 0 bridgehead atoms. The highest BCUT2D eigenvalue weighted by Crippen LogP contribution is 2.39. The van der Waals surface area contributed by atoms with Crippen molar-refractivity contribution >= 4 is 16.9 Å². The lowest BCUT2D eigenvalue weighted by Gasteiger charge is -2.29. The van der Waals surface area contributed by atoms with Crippen LogP contribution in [0.25, 0.3) is 10.9 Å². The highest BCUT2D eigenvalue weighted by Gasteiger charge is 2.36. The third-order valence-corrected chi connectivity index (χ3v) is 6.79. The van der Waals surface area contributed by atoms with E-state index in [1.54, 1.807) is 6.20 Å².